The summed E-state index contributed by atoms with van der Waals surface area (Å²) in [5.74, 6) is 0.00708. The monoisotopic (exact) mass is 366 g/mol. The summed E-state index contributed by atoms with van der Waals surface area (Å²) < 4.78 is 1.80. The van der Waals surface area contributed by atoms with Crippen LogP contribution in [0.15, 0.2) is 24.3 Å². The van der Waals surface area contributed by atoms with E-state index in [0.29, 0.717) is 31.9 Å². The van der Waals surface area contributed by atoms with Crippen molar-refractivity contribution in [2.24, 2.45) is 7.05 Å². The van der Waals surface area contributed by atoms with Crippen molar-refractivity contribution < 1.29 is 9.59 Å². The lowest BCUT2D eigenvalue weighted by molar-refractivity contribution is -0.130. The molecule has 1 aliphatic carbocycles. The van der Waals surface area contributed by atoms with Crippen LogP contribution in [0.2, 0.25) is 0 Å². The van der Waals surface area contributed by atoms with E-state index < -0.39 is 0 Å². The van der Waals surface area contributed by atoms with Crippen molar-refractivity contribution in [2.45, 2.75) is 32.6 Å². The normalized spacial score (nSPS) is 17.0. The highest BCUT2D eigenvalue weighted by Gasteiger charge is 2.25. The van der Waals surface area contributed by atoms with Crippen LogP contribution in [0, 0.1) is 0 Å². The van der Waals surface area contributed by atoms with Gasteiger partial charge in [-0.05, 0) is 48.9 Å². The molecule has 0 atom stereocenters. The zero-order chi connectivity index (χ0) is 19.0. The van der Waals surface area contributed by atoms with Crippen molar-refractivity contribution in [1.29, 1.82) is 0 Å². The molecule has 0 unspecified atom stereocenters. The van der Waals surface area contributed by atoms with Crippen molar-refractivity contribution in [3.8, 4) is 11.3 Å². The van der Waals surface area contributed by atoms with Crippen LogP contribution in [0.4, 0.5) is 0 Å². The molecule has 27 heavy (non-hydrogen) atoms. The first kappa shape index (κ1) is 17.8. The highest BCUT2D eigenvalue weighted by molar-refractivity contribution is 5.93. The lowest BCUT2D eigenvalue weighted by Crippen LogP contribution is -2.50. The van der Waals surface area contributed by atoms with Gasteiger partial charge in [0, 0.05) is 45.7 Å². The largest absolute Gasteiger partial charge is 0.339 e. The number of fused-ring (bicyclic) bond motifs is 1. The van der Waals surface area contributed by atoms with Gasteiger partial charge in [0.15, 0.2) is 5.69 Å². The van der Waals surface area contributed by atoms with Crippen molar-refractivity contribution in [3.05, 3.63) is 41.1 Å². The average Bonchev–Trinajstić information content (AvgIpc) is 3.08. The van der Waals surface area contributed by atoms with Gasteiger partial charge in [0.05, 0.1) is 5.69 Å². The molecule has 4 rings (SSSR count). The van der Waals surface area contributed by atoms with Crippen LogP contribution < -0.4 is 0 Å². The molecule has 2 heterocycles. The lowest BCUT2D eigenvalue weighted by atomic mass is 9.90. The van der Waals surface area contributed by atoms with Crippen LogP contribution in [0.1, 0.15) is 41.4 Å². The molecular weight excluding hydrogens is 340 g/mol. The van der Waals surface area contributed by atoms with Gasteiger partial charge in [0.2, 0.25) is 5.91 Å². The van der Waals surface area contributed by atoms with E-state index in [2.05, 4.69) is 23.3 Å². The quantitative estimate of drug-likeness (QED) is 0.819. The van der Waals surface area contributed by atoms with E-state index in [1.807, 2.05) is 13.1 Å². The zero-order valence-corrected chi connectivity index (χ0v) is 16.1. The molecule has 0 spiro atoms. The molecule has 6 heteroatoms. The van der Waals surface area contributed by atoms with Crippen molar-refractivity contribution >= 4 is 11.8 Å². The summed E-state index contributed by atoms with van der Waals surface area (Å²) in [7, 11) is 1.89. The summed E-state index contributed by atoms with van der Waals surface area (Å²) in [4.78, 5) is 27.9. The van der Waals surface area contributed by atoms with Gasteiger partial charge >= 0.3 is 0 Å². The average molecular weight is 366 g/mol. The van der Waals surface area contributed by atoms with E-state index in [1.54, 1.807) is 21.4 Å². The van der Waals surface area contributed by atoms with Gasteiger partial charge in [-0.2, -0.15) is 5.10 Å². The van der Waals surface area contributed by atoms with Crippen molar-refractivity contribution in [3.63, 3.8) is 0 Å². The third-order valence-corrected chi connectivity index (χ3v) is 5.76. The van der Waals surface area contributed by atoms with E-state index in [9.17, 15) is 9.59 Å². The van der Waals surface area contributed by atoms with Crippen molar-refractivity contribution in [2.75, 3.05) is 26.2 Å². The van der Waals surface area contributed by atoms with E-state index in [-0.39, 0.29) is 11.8 Å². The zero-order valence-electron chi connectivity index (χ0n) is 16.1. The molecule has 142 valence electrons. The van der Waals surface area contributed by atoms with Gasteiger partial charge in [-0.3, -0.25) is 14.3 Å². The number of nitrogens with zero attached hydrogens (tertiary/aromatic N) is 4. The molecule has 2 aliphatic rings. The Hall–Kier alpha value is -2.63. The standard InChI is InChI=1S/C21H26N4O2/c1-15(26)24-9-11-25(12-10-24)21(27)19-14-20(23(2)22-19)18-8-7-16-5-3-4-6-17(16)13-18/h7-8,13-14H,3-6,9-12H2,1-2H3. The summed E-state index contributed by atoms with van der Waals surface area (Å²) in [5, 5.41) is 4.47. The van der Waals surface area contributed by atoms with E-state index >= 15 is 0 Å². The molecule has 0 radical (unpaired) electrons. The molecular formula is C21H26N4O2. The Morgan fingerprint density at radius 1 is 0.926 bits per heavy atom. The number of piperazine rings is 1. The SMILES string of the molecule is CC(=O)N1CCN(C(=O)c2cc(-c3ccc4c(c3)CCCC4)n(C)n2)CC1. The highest BCUT2D eigenvalue weighted by Crippen LogP contribution is 2.28. The summed E-state index contributed by atoms with van der Waals surface area (Å²) >= 11 is 0. The maximum absolute atomic E-state index is 12.9. The van der Waals surface area contributed by atoms with Crippen LogP contribution in [0.5, 0.6) is 0 Å². The fourth-order valence-corrected chi connectivity index (χ4v) is 4.12. The third-order valence-electron chi connectivity index (χ3n) is 5.76. The van der Waals surface area contributed by atoms with Gasteiger partial charge in [-0.1, -0.05) is 12.1 Å². The smallest absolute Gasteiger partial charge is 0.274 e. The predicted molar refractivity (Wildman–Crippen MR) is 103 cm³/mol. The Morgan fingerprint density at radius 3 is 2.30 bits per heavy atom. The number of carbonyl (C=O) groups is 2. The van der Waals surface area contributed by atoms with Gasteiger partial charge in [0.1, 0.15) is 0 Å². The Balaban J connectivity index is 1.53. The molecule has 2 amide bonds. The number of aryl methyl sites for hydroxylation is 3. The molecule has 1 fully saturated rings. The van der Waals surface area contributed by atoms with Crippen LogP contribution in [-0.4, -0.2) is 57.6 Å². The minimum Gasteiger partial charge on any atom is -0.339 e. The van der Waals surface area contributed by atoms with Gasteiger partial charge in [-0.25, -0.2) is 0 Å². The molecule has 1 saturated heterocycles. The Kier molecular flexibility index (Phi) is 4.72. The minimum atomic E-state index is -0.0574. The number of hydrogen-bond donors (Lipinski definition) is 0. The molecule has 0 saturated carbocycles. The topological polar surface area (TPSA) is 58.4 Å². The lowest BCUT2D eigenvalue weighted by Gasteiger charge is -2.33. The van der Waals surface area contributed by atoms with Crippen LogP contribution in [-0.2, 0) is 24.7 Å². The number of amides is 2. The molecule has 2 aromatic rings. The first-order valence-corrected chi connectivity index (χ1v) is 9.74. The number of rotatable bonds is 2. The minimum absolute atomic E-state index is 0.0574. The first-order chi connectivity index (χ1) is 13.0. The van der Waals surface area contributed by atoms with Crippen LogP contribution >= 0.6 is 0 Å². The molecule has 0 N–H and O–H groups in total. The Bertz CT molecular complexity index is 878. The van der Waals surface area contributed by atoms with Gasteiger partial charge in [0.25, 0.3) is 5.91 Å². The number of carbonyl (C=O) groups excluding carboxylic acids is 2. The van der Waals surface area contributed by atoms with Crippen LogP contribution in [0.25, 0.3) is 11.3 Å². The third kappa shape index (κ3) is 3.48. The second-order valence-electron chi connectivity index (χ2n) is 7.53. The summed E-state index contributed by atoms with van der Waals surface area (Å²) in [6, 6.07) is 8.51. The summed E-state index contributed by atoms with van der Waals surface area (Å²) in [5.41, 5.74) is 5.43. The summed E-state index contributed by atoms with van der Waals surface area (Å²) in [6.07, 6.45) is 4.82. The second-order valence-corrected chi connectivity index (χ2v) is 7.53. The maximum atomic E-state index is 12.9. The maximum Gasteiger partial charge on any atom is 0.274 e. The molecule has 1 aliphatic heterocycles. The second kappa shape index (κ2) is 7.18. The molecule has 0 bridgehead atoms. The fraction of sp³-hybridized carbons (Fsp3) is 0.476. The predicted octanol–water partition coefficient (Wildman–Crippen LogP) is 2.27. The van der Waals surface area contributed by atoms with Gasteiger partial charge < -0.3 is 9.80 Å². The molecule has 6 nitrogen and oxygen atoms in total. The molecule has 1 aromatic carbocycles. The van der Waals surface area contributed by atoms with E-state index in [0.717, 1.165) is 24.1 Å². The van der Waals surface area contributed by atoms with Crippen LogP contribution in [0.3, 0.4) is 0 Å². The van der Waals surface area contributed by atoms with Crippen molar-refractivity contribution in [1.82, 2.24) is 19.6 Å². The van der Waals surface area contributed by atoms with E-state index in [1.165, 1.54) is 24.0 Å². The number of benzene rings is 1. The van der Waals surface area contributed by atoms with Gasteiger partial charge in [-0.15, -0.1) is 0 Å². The van der Waals surface area contributed by atoms with E-state index in [4.69, 9.17) is 0 Å². The fourth-order valence-electron chi connectivity index (χ4n) is 4.12. The molecule has 1 aromatic heterocycles. The Labute approximate surface area is 159 Å². The highest BCUT2D eigenvalue weighted by atomic mass is 16.2. The number of hydrogen-bond acceptors (Lipinski definition) is 3. The first-order valence-electron chi connectivity index (χ1n) is 9.74. The number of aromatic nitrogens is 2. The Morgan fingerprint density at radius 2 is 1.59 bits per heavy atom. The summed E-state index contributed by atoms with van der Waals surface area (Å²) in [6.45, 7) is 3.87.